The van der Waals surface area contributed by atoms with E-state index in [1.54, 1.807) is 0 Å². The summed E-state index contributed by atoms with van der Waals surface area (Å²) in [5.41, 5.74) is 0. The average molecular weight is 268 g/mol. The van der Waals surface area contributed by atoms with Gasteiger partial charge in [0.1, 0.15) is 0 Å². The zero-order valence-electron chi connectivity index (χ0n) is 11.0. The molecule has 1 aromatic rings. The van der Waals surface area contributed by atoms with Gasteiger partial charge in [-0.15, -0.1) is 0 Å². The highest BCUT2D eigenvalue weighted by molar-refractivity contribution is 5.75. The summed E-state index contributed by atoms with van der Waals surface area (Å²) in [6, 6.07) is 3.60. The molecule has 2 nitrogen and oxygen atoms in total. The van der Waals surface area contributed by atoms with Gasteiger partial charge >= 0.3 is 5.97 Å². The molecule has 0 heterocycles. The highest BCUT2D eigenvalue weighted by atomic mass is 19.2. The van der Waals surface area contributed by atoms with Crippen LogP contribution in [0, 0.1) is 23.5 Å². The molecule has 1 aliphatic rings. The summed E-state index contributed by atoms with van der Waals surface area (Å²) in [5.74, 6) is -2.37. The molecule has 0 spiro atoms. The van der Waals surface area contributed by atoms with E-state index in [0.29, 0.717) is 5.92 Å². The third-order valence-corrected chi connectivity index (χ3v) is 3.88. The van der Waals surface area contributed by atoms with E-state index in [4.69, 9.17) is 4.74 Å². The topological polar surface area (TPSA) is 26.3 Å². The zero-order valence-corrected chi connectivity index (χ0v) is 11.0. The quantitative estimate of drug-likeness (QED) is 0.609. The summed E-state index contributed by atoms with van der Waals surface area (Å²) >= 11 is 0. The minimum atomic E-state index is -1.10. The van der Waals surface area contributed by atoms with Crippen molar-refractivity contribution in [3.8, 4) is 5.75 Å². The first kappa shape index (κ1) is 14.0. The molecule has 0 N–H and O–H groups in total. The van der Waals surface area contributed by atoms with Crippen molar-refractivity contribution >= 4 is 5.97 Å². The van der Waals surface area contributed by atoms with E-state index in [-0.39, 0.29) is 11.7 Å². The first-order valence-corrected chi connectivity index (χ1v) is 6.77. The van der Waals surface area contributed by atoms with Gasteiger partial charge in [0.2, 0.25) is 5.82 Å². The molecule has 1 aliphatic carbocycles. The van der Waals surface area contributed by atoms with E-state index < -0.39 is 17.6 Å². The smallest absolute Gasteiger partial charge is 0.314 e. The van der Waals surface area contributed by atoms with E-state index in [1.165, 1.54) is 12.1 Å². The predicted molar refractivity (Wildman–Crippen MR) is 67.7 cm³/mol. The minimum Gasteiger partial charge on any atom is -0.423 e. The van der Waals surface area contributed by atoms with E-state index in [1.807, 2.05) is 0 Å². The molecule has 4 heteroatoms. The van der Waals surface area contributed by atoms with Gasteiger partial charge in [-0.25, -0.2) is 4.39 Å². The van der Waals surface area contributed by atoms with Crippen LogP contribution in [0.4, 0.5) is 8.78 Å². The number of ether oxygens (including phenoxy) is 1. The number of hydrogen-bond acceptors (Lipinski definition) is 2. The number of hydrogen-bond donors (Lipinski definition) is 0. The Morgan fingerprint density at radius 1 is 1.26 bits per heavy atom. The molecule has 104 valence electrons. The van der Waals surface area contributed by atoms with Crippen molar-refractivity contribution < 1.29 is 18.3 Å². The molecular formula is C15H18F2O2. The van der Waals surface area contributed by atoms with Gasteiger partial charge in [-0.2, -0.15) is 4.39 Å². The molecule has 0 radical (unpaired) electrons. The Morgan fingerprint density at radius 2 is 1.95 bits per heavy atom. The molecule has 0 bridgehead atoms. The molecular weight excluding hydrogens is 250 g/mol. The summed E-state index contributed by atoms with van der Waals surface area (Å²) in [4.78, 5) is 11.9. The molecule has 1 saturated carbocycles. The standard InChI is InChI=1S/C15H18F2O2/c1-2-10-6-8-11(9-7-10)15(18)19-13-5-3-4-12(16)14(13)17/h3-5,10-11H,2,6-9H2,1H3. The summed E-state index contributed by atoms with van der Waals surface area (Å²) in [6.07, 6.45) is 4.67. The first-order chi connectivity index (χ1) is 9.11. The van der Waals surface area contributed by atoms with Crippen LogP contribution in [-0.2, 0) is 4.79 Å². The van der Waals surface area contributed by atoms with Crippen molar-refractivity contribution in [1.82, 2.24) is 0 Å². The Labute approximate surface area is 111 Å². The molecule has 0 aliphatic heterocycles. The van der Waals surface area contributed by atoms with Crippen LogP contribution in [0.5, 0.6) is 5.75 Å². The van der Waals surface area contributed by atoms with Crippen LogP contribution < -0.4 is 4.74 Å². The molecule has 0 atom stereocenters. The van der Waals surface area contributed by atoms with Crippen LogP contribution in [0.3, 0.4) is 0 Å². The molecule has 1 aromatic carbocycles. The Balaban J connectivity index is 1.96. The minimum absolute atomic E-state index is 0.189. The lowest BCUT2D eigenvalue weighted by molar-refractivity contribution is -0.140. The van der Waals surface area contributed by atoms with Gasteiger partial charge in [0.05, 0.1) is 5.92 Å². The van der Waals surface area contributed by atoms with Gasteiger partial charge in [0.15, 0.2) is 11.6 Å². The number of carbonyl (C=O) groups is 1. The van der Waals surface area contributed by atoms with E-state index in [9.17, 15) is 13.6 Å². The second kappa shape index (κ2) is 6.13. The van der Waals surface area contributed by atoms with Gasteiger partial charge < -0.3 is 4.74 Å². The normalized spacial score (nSPS) is 23.1. The van der Waals surface area contributed by atoms with Gasteiger partial charge in [-0.05, 0) is 43.7 Å². The fourth-order valence-corrected chi connectivity index (χ4v) is 2.56. The Hall–Kier alpha value is -1.45. The van der Waals surface area contributed by atoms with Crippen molar-refractivity contribution in [2.45, 2.75) is 39.0 Å². The maximum atomic E-state index is 13.4. The van der Waals surface area contributed by atoms with Crippen LogP contribution in [-0.4, -0.2) is 5.97 Å². The average Bonchev–Trinajstić information content (AvgIpc) is 2.44. The fraction of sp³-hybridized carbons (Fsp3) is 0.533. The summed E-state index contributed by atoms with van der Waals surface area (Å²) in [6.45, 7) is 2.14. The van der Waals surface area contributed by atoms with Crippen molar-refractivity contribution in [2.24, 2.45) is 11.8 Å². The SMILES string of the molecule is CCC1CCC(C(=O)Oc2cccc(F)c2F)CC1. The lowest BCUT2D eigenvalue weighted by Gasteiger charge is -2.26. The molecule has 0 aromatic heterocycles. The lowest BCUT2D eigenvalue weighted by atomic mass is 9.81. The monoisotopic (exact) mass is 268 g/mol. The summed E-state index contributed by atoms with van der Waals surface area (Å²) in [7, 11) is 0. The number of benzene rings is 1. The number of halogens is 2. The molecule has 0 unspecified atom stereocenters. The Bertz CT molecular complexity index is 451. The van der Waals surface area contributed by atoms with Gasteiger partial charge in [0, 0.05) is 0 Å². The third-order valence-electron chi connectivity index (χ3n) is 3.88. The van der Waals surface area contributed by atoms with Gasteiger partial charge in [-0.3, -0.25) is 4.79 Å². The summed E-state index contributed by atoms with van der Waals surface area (Å²) in [5, 5.41) is 0. The third kappa shape index (κ3) is 3.31. The highest BCUT2D eigenvalue weighted by Gasteiger charge is 2.27. The van der Waals surface area contributed by atoms with Crippen LogP contribution >= 0.6 is 0 Å². The Kier molecular flexibility index (Phi) is 4.51. The largest absolute Gasteiger partial charge is 0.423 e. The molecule has 2 rings (SSSR count). The second-order valence-electron chi connectivity index (χ2n) is 5.10. The van der Waals surface area contributed by atoms with Crippen molar-refractivity contribution in [1.29, 1.82) is 0 Å². The summed E-state index contributed by atoms with van der Waals surface area (Å²) < 4.78 is 31.4. The molecule has 19 heavy (non-hydrogen) atoms. The Morgan fingerprint density at radius 3 is 2.58 bits per heavy atom. The predicted octanol–water partition coefficient (Wildman–Crippen LogP) is 4.09. The van der Waals surface area contributed by atoms with Gasteiger partial charge in [0.25, 0.3) is 0 Å². The lowest BCUT2D eigenvalue weighted by Crippen LogP contribution is -2.25. The van der Waals surface area contributed by atoms with E-state index >= 15 is 0 Å². The van der Waals surface area contributed by atoms with E-state index in [2.05, 4.69) is 6.92 Å². The van der Waals surface area contributed by atoms with Crippen molar-refractivity contribution in [3.05, 3.63) is 29.8 Å². The van der Waals surface area contributed by atoms with Crippen LogP contribution in [0.15, 0.2) is 18.2 Å². The van der Waals surface area contributed by atoms with Crippen molar-refractivity contribution in [2.75, 3.05) is 0 Å². The number of rotatable bonds is 3. The highest BCUT2D eigenvalue weighted by Crippen LogP contribution is 2.32. The van der Waals surface area contributed by atoms with Crippen LogP contribution in [0.1, 0.15) is 39.0 Å². The van der Waals surface area contributed by atoms with Crippen LogP contribution in [0.25, 0.3) is 0 Å². The first-order valence-electron chi connectivity index (χ1n) is 6.77. The second-order valence-corrected chi connectivity index (χ2v) is 5.10. The number of carbonyl (C=O) groups excluding carboxylic acids is 1. The maximum Gasteiger partial charge on any atom is 0.314 e. The zero-order chi connectivity index (χ0) is 13.8. The maximum absolute atomic E-state index is 13.4. The fourth-order valence-electron chi connectivity index (χ4n) is 2.56. The van der Waals surface area contributed by atoms with Crippen molar-refractivity contribution in [3.63, 3.8) is 0 Å². The van der Waals surface area contributed by atoms with Crippen LogP contribution in [0.2, 0.25) is 0 Å². The molecule has 0 saturated heterocycles. The number of esters is 1. The van der Waals surface area contributed by atoms with Gasteiger partial charge in [-0.1, -0.05) is 19.4 Å². The molecule has 1 fully saturated rings. The van der Waals surface area contributed by atoms with E-state index in [0.717, 1.165) is 38.2 Å². The molecule has 0 amide bonds.